The molecule has 89 heavy (non-hydrogen) atoms. The molecule has 8 nitrogen and oxygen atoms in total. The number of carbonyl (C=O) groups is 1. The van der Waals surface area contributed by atoms with Crippen LogP contribution in [0.2, 0.25) is 0 Å². The van der Waals surface area contributed by atoms with Gasteiger partial charge in [-0.15, -0.1) is 0 Å². The number of carbonyl (C=O) groups excluding carboxylic acids is 1. The molecule has 0 radical (unpaired) electrons. The number of aliphatic hydroxyl groups excluding tert-OH is 1. The van der Waals surface area contributed by atoms with E-state index in [-0.39, 0.29) is 19.1 Å². The number of rotatable bonds is 69. The molecule has 0 aromatic carbocycles. The monoisotopic (exact) mass is 1260 g/mol. The Morgan fingerprint density at radius 1 is 0.404 bits per heavy atom. The van der Waals surface area contributed by atoms with Crippen LogP contribution in [0.4, 0.5) is 0 Å². The standard InChI is InChI=1S/C80H145N2O6P/c1-6-8-10-12-14-16-18-20-22-24-26-28-30-32-34-35-36-37-38-39-40-41-42-43-44-45-46-47-48-50-52-54-56-58-60-62-64-66-68-70-72-74-80(84)81-78(77-88-89(85,86)87-76-75-82(3,4)5)79(83)73-71-69-67-65-63-61-59-57-55-53-51-49-33-31-29-27-25-23-21-19-17-15-13-11-9-7-2/h8,10,14,16,20,22,26,28,32,34,36-37,39-40,42-43,71,73,78-79,83H,6-7,9,11-13,15,17-19,21,23-25,27,29-31,33,35,38,41,44-70,72,74-77H2,1-5H3,(H-,81,84,85,86)/b10-8-,16-14-,22-20-,28-26-,34-32-,37-36-,40-39-,43-42-,73-71+. The molecule has 1 amide bonds. The summed E-state index contributed by atoms with van der Waals surface area (Å²) in [6.45, 7) is 4.57. The fourth-order valence-corrected chi connectivity index (χ4v) is 11.7. The summed E-state index contributed by atoms with van der Waals surface area (Å²) in [6, 6.07) is -0.893. The number of hydrogen-bond donors (Lipinski definition) is 2. The molecule has 0 aliphatic heterocycles. The van der Waals surface area contributed by atoms with Crippen molar-refractivity contribution in [3.8, 4) is 0 Å². The summed E-state index contributed by atoms with van der Waals surface area (Å²) in [4.78, 5) is 25.7. The van der Waals surface area contributed by atoms with Crippen molar-refractivity contribution in [3.63, 3.8) is 0 Å². The molecule has 0 rings (SSSR count). The zero-order valence-electron chi connectivity index (χ0n) is 59.1. The van der Waals surface area contributed by atoms with Crippen molar-refractivity contribution in [2.75, 3.05) is 40.9 Å². The van der Waals surface area contributed by atoms with Gasteiger partial charge in [-0.2, -0.15) is 0 Å². The van der Waals surface area contributed by atoms with Gasteiger partial charge in [0.25, 0.3) is 7.82 Å². The number of unbranched alkanes of at least 4 members (excludes halogenated alkanes) is 40. The third-order valence-corrected chi connectivity index (χ3v) is 17.7. The fraction of sp³-hybridized carbons (Fsp3) is 0.762. The van der Waals surface area contributed by atoms with Gasteiger partial charge in [0.2, 0.25) is 5.91 Å². The van der Waals surface area contributed by atoms with Crippen LogP contribution < -0.4 is 10.2 Å². The van der Waals surface area contributed by atoms with Gasteiger partial charge < -0.3 is 28.8 Å². The lowest BCUT2D eigenvalue weighted by Gasteiger charge is -2.29. The molecular weight excluding hydrogens is 1120 g/mol. The van der Waals surface area contributed by atoms with Crippen molar-refractivity contribution in [2.24, 2.45) is 0 Å². The maximum atomic E-state index is 13.1. The van der Waals surface area contributed by atoms with Crippen LogP contribution in [0.3, 0.4) is 0 Å². The van der Waals surface area contributed by atoms with Gasteiger partial charge in [0.1, 0.15) is 13.2 Å². The summed E-state index contributed by atoms with van der Waals surface area (Å²) >= 11 is 0. The SMILES string of the molecule is CC/C=C\C/C=C\C/C=C\C/C=C\C/C=C\C/C=C\C/C=C\C/C=C\CCCCCCCCCCCCCCCCCCC(=O)NC(COP(=O)([O-])OCC[N+](C)(C)C)C(O)/C=C/CCCCCCCCCCCCCCCCCCCCCCCCCC. The van der Waals surface area contributed by atoms with E-state index in [0.29, 0.717) is 17.4 Å². The molecule has 516 valence electrons. The molecule has 3 unspecified atom stereocenters. The molecule has 3 atom stereocenters. The first-order valence-corrected chi connectivity index (χ1v) is 39.2. The molecule has 0 aromatic heterocycles. The maximum Gasteiger partial charge on any atom is 0.268 e. The predicted octanol–water partition coefficient (Wildman–Crippen LogP) is 24.0. The average molecular weight is 1260 g/mol. The second kappa shape index (κ2) is 69.5. The number of phosphoric ester groups is 1. The van der Waals surface area contributed by atoms with Gasteiger partial charge in [0.05, 0.1) is 39.9 Å². The largest absolute Gasteiger partial charge is 0.756 e. The van der Waals surface area contributed by atoms with Crippen LogP contribution in [0.1, 0.15) is 341 Å². The molecule has 0 aliphatic rings. The Labute approximate surface area is 552 Å². The van der Waals surface area contributed by atoms with E-state index in [1.807, 2.05) is 27.2 Å². The van der Waals surface area contributed by atoms with Gasteiger partial charge in [-0.3, -0.25) is 9.36 Å². The number of likely N-dealkylation sites (N-methyl/N-ethyl adjacent to an activating group) is 1. The Kier molecular flexibility index (Phi) is 67.3. The Balaban J connectivity index is 4.02. The van der Waals surface area contributed by atoms with Crippen molar-refractivity contribution in [1.29, 1.82) is 0 Å². The second-order valence-electron chi connectivity index (χ2n) is 26.6. The quantitative estimate of drug-likeness (QED) is 0.0272. The van der Waals surface area contributed by atoms with Crippen LogP contribution in [0, 0.1) is 0 Å². The van der Waals surface area contributed by atoms with Crippen molar-refractivity contribution in [2.45, 2.75) is 353 Å². The molecule has 0 bridgehead atoms. The number of phosphoric acid groups is 1. The van der Waals surface area contributed by atoms with Gasteiger partial charge in [-0.05, 0) is 83.5 Å². The molecule has 0 saturated heterocycles. The van der Waals surface area contributed by atoms with Gasteiger partial charge in [-0.25, -0.2) is 0 Å². The van der Waals surface area contributed by atoms with E-state index in [4.69, 9.17) is 9.05 Å². The van der Waals surface area contributed by atoms with Crippen molar-refractivity contribution >= 4 is 13.7 Å². The van der Waals surface area contributed by atoms with Crippen LogP contribution >= 0.6 is 7.82 Å². The number of allylic oxidation sites excluding steroid dienone is 17. The van der Waals surface area contributed by atoms with E-state index in [0.717, 1.165) is 89.9 Å². The fourth-order valence-electron chi connectivity index (χ4n) is 10.9. The second-order valence-corrected chi connectivity index (χ2v) is 28.0. The van der Waals surface area contributed by atoms with Gasteiger partial charge >= 0.3 is 0 Å². The van der Waals surface area contributed by atoms with E-state index < -0.39 is 20.0 Å². The summed E-state index contributed by atoms with van der Waals surface area (Å²) in [6.07, 6.45) is 102. The van der Waals surface area contributed by atoms with Crippen LogP contribution in [-0.2, 0) is 18.4 Å². The minimum absolute atomic E-state index is 0.00302. The number of nitrogens with one attached hydrogen (secondary N) is 1. The summed E-state index contributed by atoms with van der Waals surface area (Å²) in [5.41, 5.74) is 0. The molecule has 0 aliphatic carbocycles. The van der Waals surface area contributed by atoms with Crippen LogP contribution in [0.15, 0.2) is 109 Å². The van der Waals surface area contributed by atoms with E-state index >= 15 is 0 Å². The number of amides is 1. The van der Waals surface area contributed by atoms with E-state index in [2.05, 4.69) is 116 Å². The number of hydrogen-bond acceptors (Lipinski definition) is 6. The maximum absolute atomic E-state index is 13.1. The first kappa shape index (κ1) is 86.2. The number of nitrogens with zero attached hydrogens (tertiary/aromatic N) is 1. The van der Waals surface area contributed by atoms with Gasteiger partial charge in [0.15, 0.2) is 0 Å². The molecular formula is C80H145N2O6P. The first-order chi connectivity index (χ1) is 43.5. The third kappa shape index (κ3) is 72.4. The van der Waals surface area contributed by atoms with E-state index in [1.54, 1.807) is 6.08 Å². The topological polar surface area (TPSA) is 108 Å². The van der Waals surface area contributed by atoms with Gasteiger partial charge in [0, 0.05) is 6.42 Å². The van der Waals surface area contributed by atoms with Gasteiger partial charge in [-0.1, -0.05) is 361 Å². The molecule has 2 N–H and O–H groups in total. The molecule has 0 aromatic rings. The average Bonchev–Trinajstić information content (AvgIpc) is 3.61. The number of quaternary nitrogens is 1. The van der Waals surface area contributed by atoms with Crippen LogP contribution in [0.5, 0.6) is 0 Å². The lowest BCUT2D eigenvalue weighted by Crippen LogP contribution is -2.45. The third-order valence-electron chi connectivity index (χ3n) is 16.7. The highest BCUT2D eigenvalue weighted by molar-refractivity contribution is 7.45. The minimum Gasteiger partial charge on any atom is -0.756 e. The molecule has 0 saturated carbocycles. The summed E-state index contributed by atoms with van der Waals surface area (Å²) in [5, 5.41) is 14.0. The predicted molar refractivity (Wildman–Crippen MR) is 389 cm³/mol. The highest BCUT2D eigenvalue weighted by atomic mass is 31.2. The van der Waals surface area contributed by atoms with Crippen molar-refractivity contribution < 1.29 is 32.9 Å². The lowest BCUT2D eigenvalue weighted by atomic mass is 10.0. The highest BCUT2D eigenvalue weighted by Gasteiger charge is 2.23. The first-order valence-electron chi connectivity index (χ1n) is 37.7. The summed E-state index contributed by atoms with van der Waals surface area (Å²) in [7, 11) is 1.27. The minimum atomic E-state index is -4.61. The zero-order chi connectivity index (χ0) is 64.8. The Morgan fingerprint density at radius 2 is 0.685 bits per heavy atom. The van der Waals surface area contributed by atoms with Crippen LogP contribution in [-0.4, -0.2) is 68.5 Å². The summed E-state index contributed by atoms with van der Waals surface area (Å²) < 4.78 is 23.5. The van der Waals surface area contributed by atoms with E-state index in [1.165, 1.54) is 231 Å². The Hall–Kier alpha value is -2.84. The summed E-state index contributed by atoms with van der Waals surface area (Å²) in [5.74, 6) is -0.195. The lowest BCUT2D eigenvalue weighted by molar-refractivity contribution is -0.870. The normalized spacial score (nSPS) is 14.2. The molecule has 0 spiro atoms. The van der Waals surface area contributed by atoms with Crippen molar-refractivity contribution in [3.05, 3.63) is 109 Å². The number of aliphatic hydroxyl groups is 1. The van der Waals surface area contributed by atoms with Crippen LogP contribution in [0.25, 0.3) is 0 Å². The smallest absolute Gasteiger partial charge is 0.268 e. The van der Waals surface area contributed by atoms with E-state index in [9.17, 15) is 19.4 Å². The Bertz CT molecular complexity index is 1820. The zero-order valence-corrected chi connectivity index (χ0v) is 60.0. The Morgan fingerprint density at radius 3 is 1.00 bits per heavy atom. The highest BCUT2D eigenvalue weighted by Crippen LogP contribution is 2.38. The molecule has 0 fully saturated rings. The molecule has 9 heteroatoms. The molecule has 0 heterocycles. The van der Waals surface area contributed by atoms with Crippen molar-refractivity contribution in [1.82, 2.24) is 5.32 Å².